The summed E-state index contributed by atoms with van der Waals surface area (Å²) in [7, 11) is 0. The van der Waals surface area contributed by atoms with Gasteiger partial charge in [-0.25, -0.2) is 0 Å². The Morgan fingerprint density at radius 3 is 2.36 bits per heavy atom. The first-order valence-electron chi connectivity index (χ1n) is 6.28. The SMILES string of the molecule is O=C(Nc1nnc(-c2cc(Cl)cc(Cl)c2)o1)c1ccccc1. The normalized spacial score (nSPS) is 10.5. The summed E-state index contributed by atoms with van der Waals surface area (Å²) in [4.78, 5) is 12.0. The first-order chi connectivity index (χ1) is 10.6. The van der Waals surface area contributed by atoms with Gasteiger partial charge in [-0.2, -0.15) is 0 Å². The van der Waals surface area contributed by atoms with Gasteiger partial charge in [0.1, 0.15) is 0 Å². The van der Waals surface area contributed by atoms with Crippen molar-refractivity contribution in [3.8, 4) is 11.5 Å². The van der Waals surface area contributed by atoms with E-state index in [1.807, 2.05) is 6.07 Å². The van der Waals surface area contributed by atoms with Crippen molar-refractivity contribution in [2.45, 2.75) is 0 Å². The Kier molecular flexibility index (Phi) is 4.09. The molecule has 1 aromatic heterocycles. The second-order valence-corrected chi connectivity index (χ2v) is 5.26. The maximum Gasteiger partial charge on any atom is 0.322 e. The number of rotatable bonds is 3. The Bertz CT molecular complexity index is 798. The van der Waals surface area contributed by atoms with Crippen LogP contribution in [0.2, 0.25) is 10.0 Å². The van der Waals surface area contributed by atoms with E-state index in [1.165, 1.54) is 0 Å². The van der Waals surface area contributed by atoms with Crippen molar-refractivity contribution >= 4 is 35.1 Å². The van der Waals surface area contributed by atoms with Gasteiger partial charge < -0.3 is 4.42 Å². The largest absolute Gasteiger partial charge is 0.403 e. The molecule has 22 heavy (non-hydrogen) atoms. The smallest absolute Gasteiger partial charge is 0.322 e. The van der Waals surface area contributed by atoms with Crippen molar-refractivity contribution in [3.05, 3.63) is 64.1 Å². The second-order valence-electron chi connectivity index (χ2n) is 4.39. The lowest BCUT2D eigenvalue weighted by Gasteiger charge is -2.00. The molecule has 0 fully saturated rings. The molecular formula is C15H9Cl2N3O2. The molecule has 0 unspecified atom stereocenters. The minimum absolute atomic E-state index is 0.0000454. The highest BCUT2D eigenvalue weighted by Gasteiger charge is 2.13. The summed E-state index contributed by atoms with van der Waals surface area (Å²) in [6, 6.07) is 13.6. The fourth-order valence-corrected chi connectivity index (χ4v) is 2.35. The van der Waals surface area contributed by atoms with Crippen molar-refractivity contribution in [1.29, 1.82) is 0 Å². The van der Waals surface area contributed by atoms with Gasteiger partial charge in [-0.05, 0) is 30.3 Å². The van der Waals surface area contributed by atoms with E-state index in [-0.39, 0.29) is 17.8 Å². The molecule has 0 saturated heterocycles. The summed E-state index contributed by atoms with van der Waals surface area (Å²) in [6.45, 7) is 0. The Morgan fingerprint density at radius 1 is 1.00 bits per heavy atom. The number of nitrogens with one attached hydrogen (secondary N) is 1. The zero-order valence-corrected chi connectivity index (χ0v) is 12.6. The fourth-order valence-electron chi connectivity index (χ4n) is 1.83. The number of hydrogen-bond acceptors (Lipinski definition) is 4. The minimum atomic E-state index is -0.333. The van der Waals surface area contributed by atoms with E-state index < -0.39 is 0 Å². The molecule has 1 amide bonds. The Hall–Kier alpha value is -2.37. The molecule has 0 aliphatic rings. The number of amides is 1. The third-order valence-electron chi connectivity index (χ3n) is 2.79. The molecule has 0 atom stereocenters. The maximum absolute atomic E-state index is 12.0. The van der Waals surface area contributed by atoms with Gasteiger partial charge in [-0.1, -0.05) is 46.5 Å². The zero-order chi connectivity index (χ0) is 15.5. The molecule has 5 nitrogen and oxygen atoms in total. The minimum Gasteiger partial charge on any atom is -0.403 e. The van der Waals surface area contributed by atoms with E-state index in [2.05, 4.69) is 15.5 Å². The monoisotopic (exact) mass is 333 g/mol. The average Bonchev–Trinajstić information content (AvgIpc) is 2.96. The summed E-state index contributed by atoms with van der Waals surface area (Å²) < 4.78 is 5.40. The van der Waals surface area contributed by atoms with Gasteiger partial charge in [0, 0.05) is 21.2 Å². The van der Waals surface area contributed by atoms with Crippen LogP contribution in [0.25, 0.3) is 11.5 Å². The molecule has 0 radical (unpaired) electrons. The van der Waals surface area contributed by atoms with E-state index in [0.29, 0.717) is 21.2 Å². The van der Waals surface area contributed by atoms with Crippen molar-refractivity contribution in [2.75, 3.05) is 5.32 Å². The first-order valence-corrected chi connectivity index (χ1v) is 7.04. The molecule has 0 aliphatic carbocycles. The van der Waals surface area contributed by atoms with Crippen LogP contribution in [0.15, 0.2) is 52.9 Å². The highest BCUT2D eigenvalue weighted by molar-refractivity contribution is 6.35. The average molecular weight is 334 g/mol. The van der Waals surface area contributed by atoms with Crippen molar-refractivity contribution < 1.29 is 9.21 Å². The second kappa shape index (κ2) is 6.17. The fraction of sp³-hybridized carbons (Fsp3) is 0. The van der Waals surface area contributed by atoms with Crippen LogP contribution in [-0.2, 0) is 0 Å². The zero-order valence-electron chi connectivity index (χ0n) is 11.1. The van der Waals surface area contributed by atoms with Crippen LogP contribution in [0.4, 0.5) is 6.01 Å². The van der Waals surface area contributed by atoms with Crippen molar-refractivity contribution in [3.63, 3.8) is 0 Å². The number of anilines is 1. The van der Waals surface area contributed by atoms with Crippen molar-refractivity contribution in [1.82, 2.24) is 10.2 Å². The third-order valence-corrected chi connectivity index (χ3v) is 3.23. The van der Waals surface area contributed by atoms with E-state index >= 15 is 0 Å². The number of halogens is 2. The Morgan fingerprint density at radius 2 is 1.68 bits per heavy atom. The van der Waals surface area contributed by atoms with E-state index in [0.717, 1.165) is 0 Å². The lowest BCUT2D eigenvalue weighted by Crippen LogP contribution is -2.11. The predicted octanol–water partition coefficient (Wildman–Crippen LogP) is 4.30. The van der Waals surface area contributed by atoms with Gasteiger partial charge in [0.25, 0.3) is 5.91 Å². The van der Waals surface area contributed by atoms with Gasteiger partial charge in [-0.3, -0.25) is 10.1 Å². The lowest BCUT2D eigenvalue weighted by atomic mass is 10.2. The molecule has 0 saturated carbocycles. The number of carbonyl (C=O) groups excluding carboxylic acids is 1. The summed E-state index contributed by atoms with van der Waals surface area (Å²) in [5.74, 6) is -0.118. The van der Waals surface area contributed by atoms with E-state index in [1.54, 1.807) is 42.5 Å². The van der Waals surface area contributed by atoms with Crippen LogP contribution < -0.4 is 5.32 Å². The van der Waals surface area contributed by atoms with Crippen LogP contribution in [0.5, 0.6) is 0 Å². The maximum atomic E-state index is 12.0. The molecule has 110 valence electrons. The lowest BCUT2D eigenvalue weighted by molar-refractivity contribution is 0.102. The topological polar surface area (TPSA) is 68.0 Å². The highest BCUT2D eigenvalue weighted by atomic mass is 35.5. The molecule has 1 N–H and O–H groups in total. The van der Waals surface area contributed by atoms with Crippen LogP contribution in [0.3, 0.4) is 0 Å². The number of hydrogen-bond donors (Lipinski definition) is 1. The molecule has 1 heterocycles. The Balaban J connectivity index is 1.81. The van der Waals surface area contributed by atoms with Crippen LogP contribution in [0.1, 0.15) is 10.4 Å². The molecule has 7 heteroatoms. The molecule has 3 rings (SSSR count). The van der Waals surface area contributed by atoms with Gasteiger partial charge in [0.05, 0.1) is 0 Å². The summed E-state index contributed by atoms with van der Waals surface area (Å²) in [5, 5.41) is 11.1. The summed E-state index contributed by atoms with van der Waals surface area (Å²) in [6.07, 6.45) is 0. The Labute approximate surface area is 135 Å². The molecule has 2 aromatic carbocycles. The summed E-state index contributed by atoms with van der Waals surface area (Å²) in [5.41, 5.74) is 1.07. The quantitative estimate of drug-likeness (QED) is 0.776. The van der Waals surface area contributed by atoms with E-state index in [4.69, 9.17) is 27.6 Å². The number of nitrogens with zero attached hydrogens (tertiary/aromatic N) is 2. The first kappa shape index (κ1) is 14.6. The molecule has 3 aromatic rings. The molecule has 0 bridgehead atoms. The highest BCUT2D eigenvalue weighted by Crippen LogP contribution is 2.27. The van der Waals surface area contributed by atoms with Crippen molar-refractivity contribution in [2.24, 2.45) is 0 Å². The van der Waals surface area contributed by atoms with Crippen LogP contribution in [0, 0.1) is 0 Å². The molecule has 0 spiro atoms. The van der Waals surface area contributed by atoms with Gasteiger partial charge in [-0.15, -0.1) is 5.10 Å². The molecular weight excluding hydrogens is 325 g/mol. The van der Waals surface area contributed by atoms with Gasteiger partial charge in [0.2, 0.25) is 5.89 Å². The van der Waals surface area contributed by atoms with E-state index in [9.17, 15) is 4.79 Å². The number of aromatic nitrogens is 2. The van der Waals surface area contributed by atoms with Crippen LogP contribution >= 0.6 is 23.2 Å². The predicted molar refractivity (Wildman–Crippen MR) is 84.1 cm³/mol. The molecule has 0 aliphatic heterocycles. The van der Waals surface area contributed by atoms with Gasteiger partial charge >= 0.3 is 6.01 Å². The number of benzene rings is 2. The third kappa shape index (κ3) is 3.27. The number of carbonyl (C=O) groups is 1. The van der Waals surface area contributed by atoms with Crippen LogP contribution in [-0.4, -0.2) is 16.1 Å². The van der Waals surface area contributed by atoms with Gasteiger partial charge in [0.15, 0.2) is 0 Å². The standard InChI is InChI=1S/C15H9Cl2N3O2/c16-11-6-10(7-12(17)8-11)14-19-20-15(22-14)18-13(21)9-4-2-1-3-5-9/h1-8H,(H,18,20,21). The summed E-state index contributed by atoms with van der Waals surface area (Å²) >= 11 is 11.9.